The highest BCUT2D eigenvalue weighted by Crippen LogP contribution is 2.36. The van der Waals surface area contributed by atoms with E-state index in [2.05, 4.69) is 64.0 Å². The zero-order chi connectivity index (χ0) is 31.3. The van der Waals surface area contributed by atoms with Gasteiger partial charge in [-0.2, -0.15) is 4.98 Å². The van der Waals surface area contributed by atoms with Gasteiger partial charge in [-0.1, -0.05) is 70.2 Å². The van der Waals surface area contributed by atoms with E-state index >= 15 is 0 Å². The highest BCUT2D eigenvalue weighted by Gasteiger charge is 2.22. The van der Waals surface area contributed by atoms with Crippen molar-refractivity contribution in [1.29, 1.82) is 0 Å². The lowest BCUT2D eigenvalue weighted by Gasteiger charge is -2.34. The lowest BCUT2D eigenvalue weighted by Crippen LogP contribution is -2.46. The monoisotopic (exact) mass is 618 g/mol. The maximum atomic E-state index is 10.3. The average molecular weight is 619 g/mol. The molecule has 1 saturated carbocycles. The number of ether oxygens (including phenoxy) is 2. The number of hydrogen-bond donors (Lipinski definition) is 1. The number of anilines is 1. The molecule has 45 heavy (non-hydrogen) atoms. The lowest BCUT2D eigenvalue weighted by atomic mass is 9.95. The molecule has 2 aromatic heterocycles. The van der Waals surface area contributed by atoms with Crippen LogP contribution < -0.4 is 5.32 Å². The summed E-state index contributed by atoms with van der Waals surface area (Å²) in [6.07, 6.45) is 14.4. The first-order valence-corrected chi connectivity index (χ1v) is 17.4. The Morgan fingerprint density at radius 1 is 0.933 bits per heavy atom. The van der Waals surface area contributed by atoms with Gasteiger partial charge in [-0.25, -0.2) is 4.98 Å². The van der Waals surface area contributed by atoms with Crippen LogP contribution in [0.5, 0.6) is 0 Å². The molecule has 1 aliphatic carbocycles. The molecule has 0 spiro atoms. The molecular weight excluding hydrogens is 564 g/mol. The van der Waals surface area contributed by atoms with Crippen molar-refractivity contribution in [2.75, 3.05) is 71.0 Å². The fraction of sp³-hybridized carbons (Fsp3) is 0.639. The molecule has 0 amide bonds. The Balaban J connectivity index is 1.17. The van der Waals surface area contributed by atoms with E-state index in [-0.39, 0.29) is 0 Å². The van der Waals surface area contributed by atoms with Gasteiger partial charge in [0.25, 0.3) is 0 Å². The number of carbonyl (C=O) groups excluding carboxylic acids is 1. The number of nitrogens with zero attached hydrogens (tertiary/aromatic N) is 5. The number of aromatic nitrogens is 3. The summed E-state index contributed by atoms with van der Waals surface area (Å²) in [7, 11) is 0. The fourth-order valence-electron chi connectivity index (χ4n) is 6.66. The van der Waals surface area contributed by atoms with E-state index in [9.17, 15) is 4.79 Å². The van der Waals surface area contributed by atoms with Gasteiger partial charge in [0, 0.05) is 81.6 Å². The van der Waals surface area contributed by atoms with Crippen molar-refractivity contribution in [2.24, 2.45) is 5.92 Å². The Hall–Kier alpha value is -2.85. The molecule has 1 N–H and O–H groups in total. The van der Waals surface area contributed by atoms with Crippen molar-refractivity contribution in [2.45, 2.75) is 77.8 Å². The van der Waals surface area contributed by atoms with Crippen LogP contribution in [-0.4, -0.2) is 96.3 Å². The van der Waals surface area contributed by atoms with Crippen LogP contribution in [0.25, 0.3) is 22.2 Å². The molecular formula is C36H54N6O3. The van der Waals surface area contributed by atoms with Crippen molar-refractivity contribution in [3.05, 3.63) is 42.2 Å². The molecule has 1 aliphatic heterocycles. The summed E-state index contributed by atoms with van der Waals surface area (Å²) in [5.74, 6) is 1.39. The number of carbonyl (C=O) groups is 1. The van der Waals surface area contributed by atoms with Gasteiger partial charge in [-0.15, -0.1) is 0 Å². The van der Waals surface area contributed by atoms with Gasteiger partial charge >= 0.3 is 0 Å². The maximum absolute atomic E-state index is 10.3. The summed E-state index contributed by atoms with van der Waals surface area (Å²) < 4.78 is 13.5. The second-order valence-corrected chi connectivity index (χ2v) is 12.7. The normalized spacial score (nSPS) is 17.0. The summed E-state index contributed by atoms with van der Waals surface area (Å²) >= 11 is 0. The van der Waals surface area contributed by atoms with E-state index in [0.717, 1.165) is 75.7 Å². The Morgan fingerprint density at radius 3 is 2.36 bits per heavy atom. The molecule has 9 heteroatoms. The van der Waals surface area contributed by atoms with Crippen LogP contribution in [0.15, 0.2) is 36.7 Å². The number of piperazine rings is 1. The lowest BCUT2D eigenvalue weighted by molar-refractivity contribution is -0.108. The van der Waals surface area contributed by atoms with Gasteiger partial charge in [0.1, 0.15) is 11.9 Å². The van der Waals surface area contributed by atoms with Crippen LogP contribution in [0, 0.1) is 5.92 Å². The SMILES string of the molecule is CCC(CC)CNc1ncc2c(-c3ccc(CN4CCN(CCOCCOCCC=O)CC4)cc3)cn(C3CCCCC3)c2n1. The predicted molar refractivity (Wildman–Crippen MR) is 182 cm³/mol. The highest BCUT2D eigenvalue weighted by atomic mass is 16.5. The predicted octanol–water partition coefficient (Wildman–Crippen LogP) is 6.19. The Morgan fingerprint density at radius 2 is 1.64 bits per heavy atom. The summed E-state index contributed by atoms with van der Waals surface area (Å²) in [5.41, 5.74) is 4.88. The number of rotatable bonds is 18. The minimum atomic E-state index is 0.452. The number of nitrogens with one attached hydrogen (secondary N) is 1. The largest absolute Gasteiger partial charge is 0.379 e. The van der Waals surface area contributed by atoms with Crippen LogP contribution in [0.3, 0.4) is 0 Å². The average Bonchev–Trinajstić information content (AvgIpc) is 3.47. The molecule has 5 rings (SSSR count). The minimum absolute atomic E-state index is 0.452. The summed E-state index contributed by atoms with van der Waals surface area (Å²) in [5, 5.41) is 4.67. The Kier molecular flexibility index (Phi) is 13.2. The molecule has 2 aliphatic rings. The number of benzene rings is 1. The smallest absolute Gasteiger partial charge is 0.224 e. The van der Waals surface area contributed by atoms with Gasteiger partial charge in [0.15, 0.2) is 0 Å². The number of hydrogen-bond acceptors (Lipinski definition) is 8. The first-order chi connectivity index (χ1) is 22.2. The van der Waals surface area contributed by atoms with E-state index in [4.69, 9.17) is 19.4 Å². The van der Waals surface area contributed by atoms with Crippen LogP contribution in [0.2, 0.25) is 0 Å². The van der Waals surface area contributed by atoms with E-state index in [0.29, 0.717) is 38.2 Å². The molecule has 0 radical (unpaired) electrons. The van der Waals surface area contributed by atoms with E-state index in [1.165, 1.54) is 61.6 Å². The summed E-state index contributed by atoms with van der Waals surface area (Å²) in [6.45, 7) is 13.9. The topological polar surface area (TPSA) is 84.8 Å². The fourth-order valence-corrected chi connectivity index (χ4v) is 6.66. The van der Waals surface area contributed by atoms with Crippen molar-refractivity contribution >= 4 is 23.3 Å². The molecule has 0 unspecified atom stereocenters. The van der Waals surface area contributed by atoms with Crippen LogP contribution in [0.4, 0.5) is 5.95 Å². The summed E-state index contributed by atoms with van der Waals surface area (Å²) in [4.78, 5) is 25.2. The van der Waals surface area contributed by atoms with Crippen LogP contribution in [0.1, 0.15) is 76.8 Å². The number of fused-ring (bicyclic) bond motifs is 1. The molecule has 246 valence electrons. The molecule has 1 saturated heterocycles. The summed E-state index contributed by atoms with van der Waals surface area (Å²) in [6, 6.07) is 9.66. The first kappa shape index (κ1) is 33.5. The molecule has 0 bridgehead atoms. The minimum Gasteiger partial charge on any atom is -0.379 e. The molecule has 2 fully saturated rings. The van der Waals surface area contributed by atoms with E-state index in [1.807, 2.05) is 6.20 Å². The number of aldehydes is 1. The molecule has 0 atom stereocenters. The Labute approximate surface area is 269 Å². The quantitative estimate of drug-likeness (QED) is 0.133. The van der Waals surface area contributed by atoms with Gasteiger partial charge in [0.2, 0.25) is 5.95 Å². The highest BCUT2D eigenvalue weighted by molar-refractivity contribution is 5.94. The third kappa shape index (κ3) is 9.58. The van der Waals surface area contributed by atoms with Gasteiger partial charge in [0.05, 0.1) is 26.4 Å². The Bertz CT molecular complexity index is 1290. The molecule has 3 aromatic rings. The molecule has 3 heterocycles. The third-order valence-corrected chi connectivity index (χ3v) is 9.68. The van der Waals surface area contributed by atoms with Crippen molar-refractivity contribution in [1.82, 2.24) is 24.3 Å². The standard InChI is InChI=1S/C36H54N6O3/c1-3-29(4-2)25-37-36-38-26-33-34(28-42(35(33)39-36)32-9-6-5-7-10-32)31-13-11-30(12-14-31)27-41-17-15-40(16-18-41)19-22-45-24-23-44-21-8-20-43/h11-14,20,26,28-29,32H,3-10,15-19,21-25,27H2,1-2H3,(H,37,38,39). The van der Waals surface area contributed by atoms with Gasteiger partial charge in [-0.3, -0.25) is 9.80 Å². The zero-order valence-electron chi connectivity index (χ0n) is 27.6. The van der Waals surface area contributed by atoms with E-state index in [1.54, 1.807) is 0 Å². The van der Waals surface area contributed by atoms with Crippen molar-refractivity contribution < 1.29 is 14.3 Å². The van der Waals surface area contributed by atoms with Crippen molar-refractivity contribution in [3.8, 4) is 11.1 Å². The van der Waals surface area contributed by atoms with Crippen LogP contribution >= 0.6 is 0 Å². The van der Waals surface area contributed by atoms with Crippen LogP contribution in [-0.2, 0) is 20.8 Å². The molecule has 1 aromatic carbocycles. The first-order valence-electron chi connectivity index (χ1n) is 17.4. The zero-order valence-corrected chi connectivity index (χ0v) is 27.6. The third-order valence-electron chi connectivity index (χ3n) is 9.68. The molecule has 9 nitrogen and oxygen atoms in total. The van der Waals surface area contributed by atoms with Gasteiger partial charge in [-0.05, 0) is 29.9 Å². The van der Waals surface area contributed by atoms with Gasteiger partial charge < -0.3 is 24.2 Å². The second-order valence-electron chi connectivity index (χ2n) is 12.7. The maximum Gasteiger partial charge on any atom is 0.224 e. The van der Waals surface area contributed by atoms with Crippen molar-refractivity contribution in [3.63, 3.8) is 0 Å². The van der Waals surface area contributed by atoms with E-state index < -0.39 is 0 Å². The second kappa shape index (κ2) is 17.7.